The molecule has 2 heterocycles. The summed E-state index contributed by atoms with van der Waals surface area (Å²) in [6.45, 7) is 5.01. The molecule has 1 aliphatic carbocycles. The molecule has 0 aromatic heterocycles. The molecule has 2 aromatic rings. The summed E-state index contributed by atoms with van der Waals surface area (Å²) < 4.78 is 0. The van der Waals surface area contributed by atoms with Gasteiger partial charge in [-0.2, -0.15) is 0 Å². The van der Waals surface area contributed by atoms with Gasteiger partial charge in [-0.3, -0.25) is 4.79 Å². The lowest BCUT2D eigenvalue weighted by atomic mass is 9.91. The SMILES string of the molecule is CC(=O)C1C2c3ccccc3C(CN3CCCC3)N(c3ccc(Cl)c(Cl)c3)C12. The molecule has 2 fully saturated rings. The van der Waals surface area contributed by atoms with E-state index in [0.717, 1.165) is 25.3 Å². The number of fused-ring (bicyclic) bond motifs is 3. The number of hydrogen-bond donors (Lipinski definition) is 0. The zero-order valence-corrected chi connectivity index (χ0v) is 17.5. The zero-order chi connectivity index (χ0) is 19.4. The average molecular weight is 415 g/mol. The van der Waals surface area contributed by atoms with Crippen LogP contribution in [0.3, 0.4) is 0 Å². The molecule has 2 aliphatic heterocycles. The number of Topliss-reactive ketones (excluding diaryl/α,β-unsaturated/α-hetero) is 1. The number of benzene rings is 2. The zero-order valence-electron chi connectivity index (χ0n) is 15.9. The van der Waals surface area contributed by atoms with Crippen LogP contribution in [0.25, 0.3) is 0 Å². The summed E-state index contributed by atoms with van der Waals surface area (Å²) in [7, 11) is 0. The summed E-state index contributed by atoms with van der Waals surface area (Å²) in [6, 6.07) is 15.0. The van der Waals surface area contributed by atoms with E-state index in [4.69, 9.17) is 23.2 Å². The minimum absolute atomic E-state index is 0.0548. The number of hydrogen-bond acceptors (Lipinski definition) is 3. The highest BCUT2D eigenvalue weighted by Crippen LogP contribution is 2.60. The molecule has 28 heavy (non-hydrogen) atoms. The van der Waals surface area contributed by atoms with Gasteiger partial charge >= 0.3 is 0 Å². The molecular weight excluding hydrogens is 391 g/mol. The van der Waals surface area contributed by atoms with E-state index in [1.165, 1.54) is 24.0 Å². The standard InChI is InChI=1S/C23H24Cl2N2O/c1-14(28)21-22-17-7-3-2-6-16(17)20(13-26-10-4-5-11-26)27(23(21)22)15-8-9-18(24)19(25)12-15/h2-3,6-9,12,20-23H,4-5,10-11,13H2,1H3. The fraction of sp³-hybridized carbons (Fsp3) is 0.435. The number of halogens is 2. The minimum atomic E-state index is 0.0548. The van der Waals surface area contributed by atoms with Crippen LogP contribution in [-0.4, -0.2) is 36.4 Å². The van der Waals surface area contributed by atoms with E-state index >= 15 is 0 Å². The van der Waals surface area contributed by atoms with Gasteiger partial charge in [0, 0.05) is 30.1 Å². The van der Waals surface area contributed by atoms with Crippen molar-refractivity contribution < 1.29 is 4.79 Å². The maximum atomic E-state index is 12.4. The van der Waals surface area contributed by atoms with Crippen molar-refractivity contribution >= 4 is 34.7 Å². The summed E-state index contributed by atoms with van der Waals surface area (Å²) >= 11 is 12.6. The Bertz CT molecular complexity index is 925. The third-order valence-corrected chi connectivity index (χ3v) is 7.39. The fourth-order valence-corrected chi connectivity index (χ4v) is 5.67. The summed E-state index contributed by atoms with van der Waals surface area (Å²) in [5, 5.41) is 1.13. The van der Waals surface area contributed by atoms with E-state index in [1.54, 1.807) is 6.92 Å². The third kappa shape index (κ3) is 2.96. The predicted octanol–water partition coefficient (Wildman–Crippen LogP) is 5.32. The molecule has 4 unspecified atom stereocenters. The normalized spacial score (nSPS) is 28.8. The molecule has 1 saturated carbocycles. The molecule has 146 valence electrons. The molecule has 2 aromatic carbocycles. The highest BCUT2D eigenvalue weighted by molar-refractivity contribution is 6.42. The number of anilines is 1. The monoisotopic (exact) mass is 414 g/mol. The number of nitrogens with zero attached hydrogens (tertiary/aromatic N) is 2. The van der Waals surface area contributed by atoms with Crippen molar-refractivity contribution in [2.45, 2.75) is 37.8 Å². The van der Waals surface area contributed by atoms with Gasteiger partial charge in [0.25, 0.3) is 0 Å². The van der Waals surface area contributed by atoms with Gasteiger partial charge in [-0.15, -0.1) is 0 Å². The Morgan fingerprint density at radius 3 is 2.43 bits per heavy atom. The van der Waals surface area contributed by atoms with Gasteiger partial charge in [-0.25, -0.2) is 0 Å². The molecule has 0 N–H and O–H groups in total. The number of ketones is 1. The Hall–Kier alpha value is -1.55. The molecular formula is C23H24Cl2N2O. The van der Waals surface area contributed by atoms with E-state index in [-0.39, 0.29) is 29.7 Å². The predicted molar refractivity (Wildman–Crippen MR) is 114 cm³/mol. The van der Waals surface area contributed by atoms with Gasteiger partial charge in [0.1, 0.15) is 5.78 Å². The van der Waals surface area contributed by atoms with E-state index in [9.17, 15) is 4.79 Å². The second-order valence-electron chi connectivity index (χ2n) is 8.31. The van der Waals surface area contributed by atoms with E-state index < -0.39 is 0 Å². The van der Waals surface area contributed by atoms with Crippen molar-refractivity contribution in [3.63, 3.8) is 0 Å². The fourth-order valence-electron chi connectivity index (χ4n) is 5.38. The van der Waals surface area contributed by atoms with Gasteiger partial charge < -0.3 is 9.80 Å². The lowest BCUT2D eigenvalue weighted by Crippen LogP contribution is -2.42. The second kappa shape index (κ2) is 7.05. The quantitative estimate of drug-likeness (QED) is 0.675. The molecule has 3 aliphatic rings. The van der Waals surface area contributed by atoms with Crippen LogP contribution < -0.4 is 4.90 Å². The maximum Gasteiger partial charge on any atom is 0.135 e. The Balaban J connectivity index is 1.62. The Morgan fingerprint density at radius 2 is 1.75 bits per heavy atom. The van der Waals surface area contributed by atoms with Crippen LogP contribution in [0.1, 0.15) is 42.9 Å². The molecule has 0 radical (unpaired) electrons. The largest absolute Gasteiger partial charge is 0.359 e. The Labute approximate surface area is 176 Å². The summed E-state index contributed by atoms with van der Waals surface area (Å²) in [5.41, 5.74) is 3.77. The third-order valence-electron chi connectivity index (χ3n) is 6.65. The molecule has 0 bridgehead atoms. The van der Waals surface area contributed by atoms with Gasteiger partial charge in [-0.1, -0.05) is 47.5 Å². The number of carbonyl (C=O) groups is 1. The van der Waals surface area contributed by atoms with Gasteiger partial charge in [-0.05, 0) is 62.2 Å². The van der Waals surface area contributed by atoms with Crippen molar-refractivity contribution in [2.24, 2.45) is 5.92 Å². The van der Waals surface area contributed by atoms with E-state index in [1.807, 2.05) is 18.2 Å². The number of likely N-dealkylation sites (tertiary alicyclic amines) is 1. The van der Waals surface area contributed by atoms with Crippen LogP contribution in [0.2, 0.25) is 10.0 Å². The average Bonchev–Trinajstić information content (AvgIpc) is 3.22. The molecule has 0 spiro atoms. The van der Waals surface area contributed by atoms with Crippen molar-refractivity contribution in [1.82, 2.24) is 4.90 Å². The van der Waals surface area contributed by atoms with Crippen molar-refractivity contribution in [2.75, 3.05) is 24.5 Å². The van der Waals surface area contributed by atoms with Crippen molar-refractivity contribution in [3.8, 4) is 0 Å². The summed E-state index contributed by atoms with van der Waals surface area (Å²) in [5.74, 6) is 0.605. The van der Waals surface area contributed by atoms with E-state index in [0.29, 0.717) is 10.0 Å². The van der Waals surface area contributed by atoms with Crippen LogP contribution in [0.4, 0.5) is 5.69 Å². The highest BCUT2D eigenvalue weighted by atomic mass is 35.5. The molecule has 5 rings (SSSR count). The molecule has 3 nitrogen and oxygen atoms in total. The van der Waals surface area contributed by atoms with Gasteiger partial charge in [0.15, 0.2) is 0 Å². The van der Waals surface area contributed by atoms with Crippen molar-refractivity contribution in [3.05, 3.63) is 63.6 Å². The topological polar surface area (TPSA) is 23.6 Å². The van der Waals surface area contributed by atoms with Crippen molar-refractivity contribution in [1.29, 1.82) is 0 Å². The first-order chi connectivity index (χ1) is 13.6. The summed E-state index contributed by atoms with van der Waals surface area (Å²) in [4.78, 5) is 17.5. The summed E-state index contributed by atoms with van der Waals surface area (Å²) in [6.07, 6.45) is 2.53. The minimum Gasteiger partial charge on any atom is -0.359 e. The second-order valence-corrected chi connectivity index (χ2v) is 9.13. The van der Waals surface area contributed by atoms with Crippen LogP contribution >= 0.6 is 23.2 Å². The molecule has 0 amide bonds. The first-order valence-corrected chi connectivity index (χ1v) is 10.9. The van der Waals surface area contributed by atoms with Gasteiger partial charge in [0.05, 0.1) is 16.1 Å². The van der Waals surface area contributed by atoms with Crippen LogP contribution in [0.15, 0.2) is 42.5 Å². The Morgan fingerprint density at radius 1 is 1.04 bits per heavy atom. The molecule has 5 heteroatoms. The van der Waals surface area contributed by atoms with Crippen LogP contribution in [0.5, 0.6) is 0 Å². The lowest BCUT2D eigenvalue weighted by Gasteiger charge is -2.41. The highest BCUT2D eigenvalue weighted by Gasteiger charge is 2.61. The smallest absolute Gasteiger partial charge is 0.135 e. The number of carbonyl (C=O) groups excluding carboxylic acids is 1. The van der Waals surface area contributed by atoms with Gasteiger partial charge in [0.2, 0.25) is 0 Å². The maximum absolute atomic E-state index is 12.4. The molecule has 4 atom stereocenters. The van der Waals surface area contributed by atoms with Crippen LogP contribution in [0, 0.1) is 5.92 Å². The first-order valence-electron chi connectivity index (χ1n) is 10.1. The van der Waals surface area contributed by atoms with Crippen LogP contribution in [-0.2, 0) is 4.79 Å². The first kappa shape index (κ1) is 18.5. The molecule has 1 saturated heterocycles. The van der Waals surface area contributed by atoms with E-state index in [2.05, 4.69) is 34.1 Å². The Kier molecular flexibility index (Phi) is 4.65. The number of rotatable bonds is 4. The lowest BCUT2D eigenvalue weighted by molar-refractivity contribution is -0.118.